The first-order chi connectivity index (χ1) is 6.06. The van der Waals surface area contributed by atoms with Crippen LogP contribution >= 0.6 is 23.2 Å². The molecule has 0 radical (unpaired) electrons. The van der Waals surface area contributed by atoms with Gasteiger partial charge in [0, 0.05) is 17.0 Å². The molecule has 70 valence electrons. The number of hydrogen-bond donors (Lipinski definition) is 0. The molecule has 0 spiro atoms. The van der Waals surface area contributed by atoms with Crippen LogP contribution in [-0.4, -0.2) is 5.78 Å². The third-order valence-electron chi connectivity index (χ3n) is 1.87. The minimum absolute atomic E-state index is 0.0461. The minimum atomic E-state index is 0.0461. The molecule has 0 aliphatic rings. The van der Waals surface area contributed by atoms with Gasteiger partial charge in [-0.15, -0.1) is 0 Å². The molecule has 13 heavy (non-hydrogen) atoms. The predicted molar refractivity (Wildman–Crippen MR) is 55.8 cm³/mol. The van der Waals surface area contributed by atoms with Crippen molar-refractivity contribution in [1.29, 1.82) is 0 Å². The Hall–Kier alpha value is -0.530. The van der Waals surface area contributed by atoms with E-state index in [1.54, 1.807) is 12.1 Å². The molecule has 0 unspecified atom stereocenters. The van der Waals surface area contributed by atoms with E-state index in [1.165, 1.54) is 0 Å². The largest absolute Gasteiger partial charge is 0.294 e. The minimum Gasteiger partial charge on any atom is -0.294 e. The first-order valence-electron chi connectivity index (χ1n) is 4.05. The first-order valence-corrected chi connectivity index (χ1v) is 4.80. The molecule has 0 aliphatic carbocycles. The molecule has 1 aromatic carbocycles. The number of benzene rings is 1. The van der Waals surface area contributed by atoms with E-state index >= 15 is 0 Å². The van der Waals surface area contributed by atoms with Crippen LogP contribution in [0.25, 0.3) is 0 Å². The van der Waals surface area contributed by atoms with Gasteiger partial charge in [0.2, 0.25) is 0 Å². The Morgan fingerprint density at radius 1 is 1.31 bits per heavy atom. The zero-order valence-corrected chi connectivity index (χ0v) is 9.04. The molecule has 0 saturated heterocycles. The Kier molecular flexibility index (Phi) is 3.34. The second kappa shape index (κ2) is 4.12. The summed E-state index contributed by atoms with van der Waals surface area (Å²) in [6, 6.07) is 3.35. The van der Waals surface area contributed by atoms with Gasteiger partial charge in [0.15, 0.2) is 5.78 Å². The highest BCUT2D eigenvalue weighted by molar-refractivity contribution is 6.37. The van der Waals surface area contributed by atoms with Gasteiger partial charge in [-0.1, -0.05) is 30.1 Å². The summed E-state index contributed by atoms with van der Waals surface area (Å²) in [6.45, 7) is 3.66. The summed E-state index contributed by atoms with van der Waals surface area (Å²) in [5, 5.41) is 1.03. The fraction of sp³-hybridized carbons (Fsp3) is 0.300. The molecular formula is C10H10Cl2O. The molecule has 1 aromatic rings. The van der Waals surface area contributed by atoms with E-state index in [0.29, 0.717) is 22.0 Å². The van der Waals surface area contributed by atoms with Crippen molar-refractivity contribution in [2.75, 3.05) is 0 Å². The first kappa shape index (κ1) is 10.6. The summed E-state index contributed by atoms with van der Waals surface area (Å²) in [6.07, 6.45) is 0.459. The molecule has 0 N–H and O–H groups in total. The van der Waals surface area contributed by atoms with E-state index in [1.807, 2.05) is 13.8 Å². The van der Waals surface area contributed by atoms with Crippen molar-refractivity contribution in [3.63, 3.8) is 0 Å². The molecule has 0 aromatic heterocycles. The second-order valence-corrected chi connectivity index (χ2v) is 3.67. The summed E-state index contributed by atoms with van der Waals surface area (Å²) in [5.74, 6) is 0.0461. The normalized spacial score (nSPS) is 10.2. The Labute approximate surface area is 87.7 Å². The van der Waals surface area contributed by atoms with Gasteiger partial charge in [-0.25, -0.2) is 0 Å². The van der Waals surface area contributed by atoms with Crippen molar-refractivity contribution in [3.8, 4) is 0 Å². The van der Waals surface area contributed by atoms with Crippen LogP contribution in [0, 0.1) is 6.92 Å². The standard InChI is InChI=1S/C10H10Cl2O/c1-3-10(13)7-4-6(2)8(11)5-9(7)12/h4-5H,3H2,1-2H3. The number of carbonyl (C=O) groups is 1. The summed E-state index contributed by atoms with van der Waals surface area (Å²) in [5.41, 5.74) is 1.44. The van der Waals surface area contributed by atoms with Gasteiger partial charge in [-0.05, 0) is 24.6 Å². The quantitative estimate of drug-likeness (QED) is 0.686. The van der Waals surface area contributed by atoms with Gasteiger partial charge in [-0.3, -0.25) is 4.79 Å². The van der Waals surface area contributed by atoms with Crippen molar-refractivity contribution < 1.29 is 4.79 Å². The lowest BCUT2D eigenvalue weighted by molar-refractivity contribution is 0.0988. The van der Waals surface area contributed by atoms with Gasteiger partial charge in [-0.2, -0.15) is 0 Å². The van der Waals surface area contributed by atoms with E-state index < -0.39 is 0 Å². The lowest BCUT2D eigenvalue weighted by atomic mass is 10.1. The lowest BCUT2D eigenvalue weighted by Crippen LogP contribution is -1.98. The molecule has 1 rings (SSSR count). The van der Waals surface area contributed by atoms with Crippen LogP contribution in [0.5, 0.6) is 0 Å². The number of Topliss-reactive ketones (excluding diaryl/α,β-unsaturated/α-hetero) is 1. The summed E-state index contributed by atoms with van der Waals surface area (Å²) in [7, 11) is 0. The number of aryl methyl sites for hydroxylation is 1. The van der Waals surface area contributed by atoms with Crippen molar-refractivity contribution in [1.82, 2.24) is 0 Å². The molecule has 0 aliphatic heterocycles. The molecule has 0 fully saturated rings. The van der Waals surface area contributed by atoms with Crippen LogP contribution in [0.4, 0.5) is 0 Å². The number of carbonyl (C=O) groups excluding carboxylic acids is 1. The number of halogens is 2. The fourth-order valence-corrected chi connectivity index (χ4v) is 1.55. The van der Waals surface area contributed by atoms with E-state index in [0.717, 1.165) is 5.56 Å². The second-order valence-electron chi connectivity index (χ2n) is 2.86. The Morgan fingerprint density at radius 3 is 2.46 bits per heavy atom. The SMILES string of the molecule is CCC(=O)c1cc(C)c(Cl)cc1Cl. The van der Waals surface area contributed by atoms with Gasteiger partial charge in [0.1, 0.15) is 0 Å². The van der Waals surface area contributed by atoms with Gasteiger partial charge >= 0.3 is 0 Å². The topological polar surface area (TPSA) is 17.1 Å². The Morgan fingerprint density at radius 2 is 1.92 bits per heavy atom. The van der Waals surface area contributed by atoms with Crippen LogP contribution in [0.2, 0.25) is 10.0 Å². The van der Waals surface area contributed by atoms with Crippen LogP contribution in [0.15, 0.2) is 12.1 Å². The van der Waals surface area contributed by atoms with Crippen LogP contribution < -0.4 is 0 Å². The Bertz CT molecular complexity index is 345. The van der Waals surface area contributed by atoms with E-state index in [-0.39, 0.29) is 5.78 Å². The van der Waals surface area contributed by atoms with E-state index in [2.05, 4.69) is 0 Å². The number of rotatable bonds is 2. The fourth-order valence-electron chi connectivity index (χ4n) is 1.06. The average molecular weight is 217 g/mol. The van der Waals surface area contributed by atoms with Crippen molar-refractivity contribution in [2.45, 2.75) is 20.3 Å². The Balaban J connectivity index is 3.23. The summed E-state index contributed by atoms with van der Waals surface area (Å²) in [4.78, 5) is 11.4. The molecule has 1 nitrogen and oxygen atoms in total. The zero-order chi connectivity index (χ0) is 10.0. The number of ketones is 1. The smallest absolute Gasteiger partial charge is 0.164 e. The highest BCUT2D eigenvalue weighted by Crippen LogP contribution is 2.25. The molecule has 0 bridgehead atoms. The van der Waals surface area contributed by atoms with E-state index in [9.17, 15) is 4.79 Å². The molecule has 3 heteroatoms. The summed E-state index contributed by atoms with van der Waals surface area (Å²) < 4.78 is 0. The van der Waals surface area contributed by atoms with Crippen molar-refractivity contribution in [3.05, 3.63) is 33.3 Å². The molecule has 0 saturated carbocycles. The van der Waals surface area contributed by atoms with Gasteiger partial charge in [0.05, 0.1) is 5.02 Å². The molecule has 0 amide bonds. The monoisotopic (exact) mass is 216 g/mol. The maximum Gasteiger partial charge on any atom is 0.164 e. The maximum absolute atomic E-state index is 11.4. The number of hydrogen-bond acceptors (Lipinski definition) is 1. The third-order valence-corrected chi connectivity index (χ3v) is 2.59. The molecular weight excluding hydrogens is 207 g/mol. The predicted octanol–water partition coefficient (Wildman–Crippen LogP) is 3.89. The van der Waals surface area contributed by atoms with Gasteiger partial charge < -0.3 is 0 Å². The highest BCUT2D eigenvalue weighted by atomic mass is 35.5. The van der Waals surface area contributed by atoms with Crippen LogP contribution in [0.1, 0.15) is 29.3 Å². The maximum atomic E-state index is 11.4. The van der Waals surface area contributed by atoms with Crippen molar-refractivity contribution >= 4 is 29.0 Å². The average Bonchev–Trinajstić information content (AvgIpc) is 2.10. The highest BCUT2D eigenvalue weighted by Gasteiger charge is 2.10. The van der Waals surface area contributed by atoms with Crippen molar-refractivity contribution in [2.24, 2.45) is 0 Å². The molecule has 0 atom stereocenters. The summed E-state index contributed by atoms with van der Waals surface area (Å²) >= 11 is 11.7. The van der Waals surface area contributed by atoms with Crippen LogP contribution in [0.3, 0.4) is 0 Å². The van der Waals surface area contributed by atoms with Crippen LogP contribution in [-0.2, 0) is 0 Å². The van der Waals surface area contributed by atoms with E-state index in [4.69, 9.17) is 23.2 Å². The third kappa shape index (κ3) is 2.23. The lowest BCUT2D eigenvalue weighted by Gasteiger charge is -2.04. The zero-order valence-electron chi connectivity index (χ0n) is 7.53. The molecule has 0 heterocycles. The van der Waals surface area contributed by atoms with Gasteiger partial charge in [0.25, 0.3) is 0 Å².